The van der Waals surface area contributed by atoms with Crippen molar-refractivity contribution in [2.24, 2.45) is 0 Å². The fourth-order valence-corrected chi connectivity index (χ4v) is 2.88. The number of aromatic nitrogens is 1. The molecule has 0 aromatic carbocycles. The van der Waals surface area contributed by atoms with Gasteiger partial charge in [0.05, 0.1) is 17.1 Å². The maximum absolute atomic E-state index is 5.50. The molecule has 0 saturated carbocycles. The second-order valence-corrected chi connectivity index (χ2v) is 6.23. The lowest BCUT2D eigenvalue weighted by molar-refractivity contribution is 0.445. The van der Waals surface area contributed by atoms with E-state index >= 15 is 0 Å². The molecule has 1 N–H and O–H groups in total. The Labute approximate surface area is 121 Å². The minimum atomic E-state index is 0.233. The summed E-state index contributed by atoms with van der Waals surface area (Å²) in [4.78, 5) is 4.45. The van der Waals surface area contributed by atoms with Crippen LogP contribution in [0.4, 0.5) is 0 Å². The maximum Gasteiger partial charge on any atom is 0.183 e. The number of hydrogen-bond acceptors (Lipinski definition) is 4. The molecule has 2 heterocycles. The molecule has 0 radical (unpaired) electrons. The third-order valence-electron chi connectivity index (χ3n) is 2.29. The molecule has 6 heteroatoms. The number of rotatable bonds is 4. The smallest absolute Gasteiger partial charge is 0.183 e. The van der Waals surface area contributed by atoms with Gasteiger partial charge < -0.3 is 9.73 Å². The maximum atomic E-state index is 5.50. The Hall–Kier alpha value is -0.170. The first-order valence-corrected chi connectivity index (χ1v) is 7.62. The van der Waals surface area contributed by atoms with Crippen LogP contribution < -0.4 is 5.32 Å². The lowest BCUT2D eigenvalue weighted by atomic mass is 10.3. The van der Waals surface area contributed by atoms with E-state index in [9.17, 15) is 0 Å². The lowest BCUT2D eigenvalue weighted by Crippen LogP contribution is -2.17. The normalized spacial score (nSPS) is 12.9. The van der Waals surface area contributed by atoms with Crippen LogP contribution in [0.25, 0.3) is 0 Å². The van der Waals surface area contributed by atoms with E-state index in [4.69, 9.17) is 4.42 Å². The summed E-state index contributed by atoms with van der Waals surface area (Å²) >= 11 is 8.39. The second-order valence-electron chi connectivity index (χ2n) is 3.76. The number of thiazole rings is 1. The van der Waals surface area contributed by atoms with Gasteiger partial charge in [0.2, 0.25) is 0 Å². The number of furan rings is 1. The monoisotopic (exact) mass is 378 g/mol. The van der Waals surface area contributed by atoms with Crippen molar-refractivity contribution in [3.63, 3.8) is 0 Å². The summed E-state index contributed by atoms with van der Waals surface area (Å²) in [5.74, 6) is 0.892. The largest absolute Gasteiger partial charge is 0.452 e. The standard InChI is InChI=1S/C11H12Br2N2OS/c1-6-5-17-11(15-6)7(2)14-4-8-3-9(12)10(13)16-8/h3,5,7,14H,4H2,1-2H3. The third kappa shape index (κ3) is 3.40. The van der Waals surface area contributed by atoms with Crippen LogP contribution in [0.15, 0.2) is 25.0 Å². The molecule has 2 aromatic rings. The lowest BCUT2D eigenvalue weighted by Gasteiger charge is -2.09. The molecule has 0 spiro atoms. The van der Waals surface area contributed by atoms with E-state index in [0.29, 0.717) is 6.54 Å². The van der Waals surface area contributed by atoms with E-state index in [1.54, 1.807) is 11.3 Å². The van der Waals surface area contributed by atoms with Crippen molar-refractivity contribution in [1.29, 1.82) is 0 Å². The quantitative estimate of drug-likeness (QED) is 0.854. The van der Waals surface area contributed by atoms with Crippen molar-refractivity contribution >= 4 is 43.2 Å². The molecule has 0 amide bonds. The van der Waals surface area contributed by atoms with Gasteiger partial charge in [0.25, 0.3) is 0 Å². The molecule has 0 aliphatic rings. The molecule has 92 valence electrons. The Balaban J connectivity index is 1.94. The number of nitrogens with one attached hydrogen (secondary N) is 1. The van der Waals surface area contributed by atoms with Crippen LogP contribution in [0, 0.1) is 6.92 Å². The Bertz CT molecular complexity index is 490. The van der Waals surface area contributed by atoms with Gasteiger partial charge in [-0.15, -0.1) is 11.3 Å². The van der Waals surface area contributed by atoms with E-state index in [1.807, 2.05) is 13.0 Å². The van der Waals surface area contributed by atoms with Gasteiger partial charge in [-0.25, -0.2) is 4.98 Å². The Morgan fingerprint density at radius 2 is 2.29 bits per heavy atom. The Morgan fingerprint density at radius 3 is 2.82 bits per heavy atom. The minimum Gasteiger partial charge on any atom is -0.452 e. The summed E-state index contributed by atoms with van der Waals surface area (Å²) in [6.07, 6.45) is 0. The highest BCUT2D eigenvalue weighted by Crippen LogP contribution is 2.27. The summed E-state index contributed by atoms with van der Waals surface area (Å²) in [5, 5.41) is 6.55. The van der Waals surface area contributed by atoms with Gasteiger partial charge in [0.1, 0.15) is 10.8 Å². The summed E-state index contributed by atoms with van der Waals surface area (Å²) in [6.45, 7) is 4.79. The van der Waals surface area contributed by atoms with Gasteiger partial charge >= 0.3 is 0 Å². The average Bonchev–Trinajstić information content (AvgIpc) is 2.83. The van der Waals surface area contributed by atoms with Crippen molar-refractivity contribution in [1.82, 2.24) is 10.3 Å². The first kappa shape index (κ1) is 13.3. The molecule has 0 saturated heterocycles. The first-order chi connectivity index (χ1) is 8.06. The third-order valence-corrected chi connectivity index (χ3v) is 5.14. The van der Waals surface area contributed by atoms with Gasteiger partial charge in [-0.3, -0.25) is 0 Å². The first-order valence-electron chi connectivity index (χ1n) is 5.15. The minimum absolute atomic E-state index is 0.233. The van der Waals surface area contributed by atoms with E-state index in [2.05, 4.69) is 54.5 Å². The second kappa shape index (κ2) is 5.65. The molecular formula is C11H12Br2N2OS. The molecule has 0 fully saturated rings. The van der Waals surface area contributed by atoms with E-state index in [0.717, 1.165) is 25.6 Å². The number of nitrogens with zero attached hydrogens (tertiary/aromatic N) is 1. The van der Waals surface area contributed by atoms with Crippen molar-refractivity contribution < 1.29 is 4.42 Å². The molecule has 0 bridgehead atoms. The molecule has 0 aliphatic heterocycles. The fourth-order valence-electron chi connectivity index (χ4n) is 1.39. The van der Waals surface area contributed by atoms with E-state index in [1.165, 1.54) is 0 Å². The Kier molecular flexibility index (Phi) is 4.41. The average molecular weight is 380 g/mol. The highest BCUT2D eigenvalue weighted by molar-refractivity contribution is 9.13. The van der Waals surface area contributed by atoms with Crippen LogP contribution in [0.1, 0.15) is 29.4 Å². The number of aryl methyl sites for hydroxylation is 1. The topological polar surface area (TPSA) is 38.1 Å². The summed E-state index contributed by atoms with van der Waals surface area (Å²) < 4.78 is 7.16. The van der Waals surface area contributed by atoms with Crippen LogP contribution in [-0.2, 0) is 6.54 Å². The van der Waals surface area contributed by atoms with Gasteiger partial charge in [-0.1, -0.05) is 0 Å². The van der Waals surface area contributed by atoms with Crippen LogP contribution in [0.3, 0.4) is 0 Å². The summed E-state index contributed by atoms with van der Waals surface area (Å²) in [7, 11) is 0. The number of hydrogen-bond donors (Lipinski definition) is 1. The summed E-state index contributed by atoms with van der Waals surface area (Å²) in [5.41, 5.74) is 1.07. The molecule has 3 nitrogen and oxygen atoms in total. The molecule has 17 heavy (non-hydrogen) atoms. The van der Waals surface area contributed by atoms with E-state index in [-0.39, 0.29) is 6.04 Å². The fraction of sp³-hybridized carbons (Fsp3) is 0.364. The van der Waals surface area contributed by atoms with Crippen LogP contribution in [0.2, 0.25) is 0 Å². The van der Waals surface area contributed by atoms with Crippen LogP contribution in [-0.4, -0.2) is 4.98 Å². The molecule has 2 rings (SSSR count). The molecular weight excluding hydrogens is 368 g/mol. The van der Waals surface area contributed by atoms with Gasteiger partial charge in [0, 0.05) is 11.1 Å². The predicted octanol–water partition coefficient (Wildman–Crippen LogP) is 4.42. The summed E-state index contributed by atoms with van der Waals surface area (Å²) in [6, 6.07) is 2.19. The predicted molar refractivity (Wildman–Crippen MR) is 76.2 cm³/mol. The number of halogens is 2. The zero-order chi connectivity index (χ0) is 12.4. The van der Waals surface area contributed by atoms with Crippen LogP contribution in [0.5, 0.6) is 0 Å². The SMILES string of the molecule is Cc1csc(C(C)NCc2cc(Br)c(Br)o2)n1. The van der Waals surface area contributed by atoms with Gasteiger partial charge in [0.15, 0.2) is 4.67 Å². The molecule has 0 aliphatic carbocycles. The van der Waals surface area contributed by atoms with Crippen molar-refractivity contribution in [3.05, 3.63) is 37.1 Å². The molecule has 1 atom stereocenters. The highest BCUT2D eigenvalue weighted by atomic mass is 79.9. The van der Waals surface area contributed by atoms with Gasteiger partial charge in [-0.2, -0.15) is 0 Å². The molecule has 1 unspecified atom stereocenters. The van der Waals surface area contributed by atoms with Crippen molar-refractivity contribution in [2.75, 3.05) is 0 Å². The van der Waals surface area contributed by atoms with Crippen molar-refractivity contribution in [2.45, 2.75) is 26.4 Å². The Morgan fingerprint density at radius 1 is 1.53 bits per heavy atom. The van der Waals surface area contributed by atoms with Gasteiger partial charge in [-0.05, 0) is 51.8 Å². The van der Waals surface area contributed by atoms with Crippen molar-refractivity contribution in [3.8, 4) is 0 Å². The zero-order valence-corrected chi connectivity index (χ0v) is 13.4. The molecule has 2 aromatic heterocycles. The zero-order valence-electron chi connectivity index (χ0n) is 9.46. The van der Waals surface area contributed by atoms with Crippen LogP contribution >= 0.6 is 43.2 Å². The van der Waals surface area contributed by atoms with E-state index < -0.39 is 0 Å². The highest BCUT2D eigenvalue weighted by Gasteiger charge is 2.11.